The van der Waals surface area contributed by atoms with Gasteiger partial charge in [-0.1, -0.05) is 6.92 Å². The van der Waals surface area contributed by atoms with Crippen LogP contribution in [-0.4, -0.2) is 41.1 Å². The third kappa shape index (κ3) is 5.50. The summed E-state index contributed by atoms with van der Waals surface area (Å²) in [5, 5.41) is 9.83. The molecule has 4 nitrogen and oxygen atoms in total. The molecular formula is C15H14F7N3OS. The summed E-state index contributed by atoms with van der Waals surface area (Å²) in [6.07, 6.45) is -6.61. The first-order valence-electron chi connectivity index (χ1n) is 7.54. The van der Waals surface area contributed by atoms with Crippen molar-refractivity contribution in [2.75, 3.05) is 12.4 Å². The molecule has 0 saturated carbocycles. The summed E-state index contributed by atoms with van der Waals surface area (Å²) in [5.41, 5.74) is -0.635. The Labute approximate surface area is 153 Å². The van der Waals surface area contributed by atoms with Crippen molar-refractivity contribution in [3.05, 3.63) is 40.6 Å². The van der Waals surface area contributed by atoms with Crippen LogP contribution >= 0.6 is 11.8 Å². The van der Waals surface area contributed by atoms with Gasteiger partial charge in [-0.3, -0.25) is 0 Å². The van der Waals surface area contributed by atoms with E-state index in [1.54, 1.807) is 6.92 Å². The van der Waals surface area contributed by atoms with Gasteiger partial charge in [-0.2, -0.15) is 22.0 Å². The highest BCUT2D eigenvalue weighted by Gasteiger charge is 2.42. The van der Waals surface area contributed by atoms with Gasteiger partial charge < -0.3 is 10.1 Å². The average Bonchev–Trinajstić information content (AvgIpc) is 2.60. The second kappa shape index (κ2) is 8.36. The van der Waals surface area contributed by atoms with E-state index in [0.717, 1.165) is 18.3 Å². The molecule has 0 radical (unpaired) electrons. The molecule has 0 aromatic carbocycles. The molecule has 1 aliphatic rings. The Morgan fingerprint density at radius 3 is 2.41 bits per heavy atom. The van der Waals surface area contributed by atoms with Crippen LogP contribution in [0.25, 0.3) is 0 Å². The van der Waals surface area contributed by atoms with Crippen molar-refractivity contribution in [1.29, 1.82) is 0 Å². The van der Waals surface area contributed by atoms with Gasteiger partial charge in [0.1, 0.15) is 6.04 Å². The Kier molecular flexibility index (Phi) is 6.60. The van der Waals surface area contributed by atoms with Crippen molar-refractivity contribution in [3.63, 3.8) is 0 Å². The number of hydrogen-bond donors (Lipinski definition) is 1. The molecule has 27 heavy (non-hydrogen) atoms. The number of nitrogens with one attached hydrogen (secondary N) is 1. The van der Waals surface area contributed by atoms with Crippen molar-refractivity contribution in [2.24, 2.45) is 0 Å². The number of ether oxygens (including phenoxy) is 1. The van der Waals surface area contributed by atoms with Crippen LogP contribution in [0.4, 0.5) is 30.7 Å². The highest BCUT2D eigenvalue weighted by Crippen LogP contribution is 2.38. The zero-order valence-corrected chi connectivity index (χ0v) is 14.6. The van der Waals surface area contributed by atoms with Crippen molar-refractivity contribution in [3.8, 4) is 5.88 Å². The zero-order valence-electron chi connectivity index (χ0n) is 13.7. The fourth-order valence-electron chi connectivity index (χ4n) is 2.01. The van der Waals surface area contributed by atoms with E-state index in [0.29, 0.717) is 10.7 Å². The minimum absolute atomic E-state index is 0.215. The van der Waals surface area contributed by atoms with Crippen LogP contribution in [0.5, 0.6) is 5.88 Å². The minimum atomic E-state index is -4.52. The van der Waals surface area contributed by atoms with E-state index in [4.69, 9.17) is 0 Å². The molecule has 0 saturated heterocycles. The fourth-order valence-corrected chi connectivity index (χ4v) is 2.91. The molecule has 12 heteroatoms. The monoisotopic (exact) mass is 417 g/mol. The lowest BCUT2D eigenvalue weighted by Gasteiger charge is -2.25. The van der Waals surface area contributed by atoms with Crippen molar-refractivity contribution in [2.45, 2.75) is 31.5 Å². The smallest absolute Gasteiger partial charge is 0.417 e. The van der Waals surface area contributed by atoms with Gasteiger partial charge >= 0.3 is 18.5 Å². The summed E-state index contributed by atoms with van der Waals surface area (Å²) in [6.45, 7) is 0.189. The first kappa shape index (κ1) is 21.3. The first-order valence-corrected chi connectivity index (χ1v) is 8.53. The Hall–Kier alpha value is -1.98. The molecule has 1 aliphatic heterocycles. The first-order chi connectivity index (χ1) is 12.5. The van der Waals surface area contributed by atoms with Crippen molar-refractivity contribution >= 4 is 11.8 Å². The molecule has 1 N–H and O–H groups in total. The van der Waals surface area contributed by atoms with Crippen LogP contribution in [0.2, 0.25) is 0 Å². The van der Waals surface area contributed by atoms with Gasteiger partial charge in [-0.15, -0.1) is 22.0 Å². The Morgan fingerprint density at radius 1 is 1.19 bits per heavy atom. The summed E-state index contributed by atoms with van der Waals surface area (Å²) in [4.78, 5) is 0.347. The second-order valence-corrected chi connectivity index (χ2v) is 6.66. The normalized spacial score (nSPS) is 18.0. The minimum Gasteiger partial charge on any atom is -0.470 e. The maximum atomic E-state index is 12.9. The van der Waals surface area contributed by atoms with Crippen LogP contribution in [-0.2, 0) is 0 Å². The maximum absolute atomic E-state index is 12.9. The van der Waals surface area contributed by atoms with Crippen molar-refractivity contribution < 1.29 is 35.5 Å². The Morgan fingerprint density at radius 2 is 1.89 bits per heavy atom. The molecule has 1 aromatic rings. The van der Waals surface area contributed by atoms with Gasteiger partial charge in [0.05, 0.1) is 11.3 Å². The van der Waals surface area contributed by atoms with Crippen LogP contribution in [0.1, 0.15) is 18.7 Å². The van der Waals surface area contributed by atoms with E-state index in [1.807, 2.05) is 0 Å². The molecule has 2 heterocycles. The van der Waals surface area contributed by atoms with E-state index < -0.39 is 42.6 Å². The summed E-state index contributed by atoms with van der Waals surface area (Å²) in [5.74, 6) is -4.24. The molecule has 1 unspecified atom stereocenters. The quantitative estimate of drug-likeness (QED) is 0.663. The standard InChI is InChI=1S/C15H14F7N3OS/c1-2-27-10-5-8(15(20,21)22)6-23-12(10)9-3-4-11(25-24-9)26-7-14(18,19)13(16)17/h3-6,12-13,23H,2,7H2,1H3. The molecule has 0 bridgehead atoms. The predicted molar refractivity (Wildman–Crippen MR) is 84.7 cm³/mol. The lowest BCUT2D eigenvalue weighted by molar-refractivity contribution is -0.148. The number of hydrogen-bond acceptors (Lipinski definition) is 5. The number of allylic oxidation sites excluding steroid dienone is 2. The summed E-state index contributed by atoms with van der Waals surface area (Å²) >= 11 is 1.17. The summed E-state index contributed by atoms with van der Waals surface area (Å²) < 4.78 is 92.9. The van der Waals surface area contributed by atoms with Gasteiger partial charge in [-0.05, 0) is 17.9 Å². The molecule has 150 valence electrons. The maximum Gasteiger partial charge on any atom is 0.417 e. The number of thioether (sulfide) groups is 1. The molecular weight excluding hydrogens is 403 g/mol. The van der Waals surface area contributed by atoms with Crippen LogP contribution in [0, 0.1) is 0 Å². The number of aromatic nitrogens is 2. The highest BCUT2D eigenvalue weighted by molar-refractivity contribution is 8.03. The molecule has 0 aliphatic carbocycles. The number of halogens is 7. The summed E-state index contributed by atoms with van der Waals surface area (Å²) in [7, 11) is 0. The van der Waals surface area contributed by atoms with Gasteiger partial charge in [0.25, 0.3) is 0 Å². The molecule has 2 rings (SSSR count). The molecule has 0 amide bonds. The van der Waals surface area contributed by atoms with E-state index in [-0.39, 0.29) is 5.69 Å². The third-order valence-corrected chi connectivity index (χ3v) is 4.29. The predicted octanol–water partition coefficient (Wildman–Crippen LogP) is 4.48. The van der Waals surface area contributed by atoms with Gasteiger partial charge in [0.15, 0.2) is 6.61 Å². The average molecular weight is 417 g/mol. The lowest BCUT2D eigenvalue weighted by Crippen LogP contribution is -2.34. The molecule has 0 spiro atoms. The number of nitrogens with zero attached hydrogens (tertiary/aromatic N) is 2. The van der Waals surface area contributed by atoms with E-state index in [2.05, 4.69) is 20.3 Å². The van der Waals surface area contributed by atoms with E-state index in [1.165, 1.54) is 17.8 Å². The SMILES string of the molecule is CCSC1=CC(C(F)(F)F)=CNC1c1ccc(OCC(F)(F)C(F)F)nn1. The van der Waals surface area contributed by atoms with Gasteiger partial charge in [0.2, 0.25) is 5.88 Å². The largest absolute Gasteiger partial charge is 0.470 e. The molecule has 1 atom stereocenters. The van der Waals surface area contributed by atoms with Gasteiger partial charge in [-0.25, -0.2) is 8.78 Å². The van der Waals surface area contributed by atoms with E-state index >= 15 is 0 Å². The number of rotatable bonds is 7. The van der Waals surface area contributed by atoms with E-state index in [9.17, 15) is 30.7 Å². The number of alkyl halides is 7. The Bertz CT molecular complexity index is 704. The third-order valence-electron chi connectivity index (χ3n) is 3.31. The van der Waals surface area contributed by atoms with Crippen LogP contribution < -0.4 is 10.1 Å². The Balaban J connectivity index is 2.12. The molecule has 1 aromatic heterocycles. The topological polar surface area (TPSA) is 47.0 Å². The highest BCUT2D eigenvalue weighted by atomic mass is 32.2. The zero-order chi connectivity index (χ0) is 20.2. The number of dihydropyridines is 1. The van der Waals surface area contributed by atoms with Gasteiger partial charge in [0, 0.05) is 17.2 Å². The van der Waals surface area contributed by atoms with Crippen LogP contribution in [0.15, 0.2) is 34.9 Å². The summed E-state index contributed by atoms with van der Waals surface area (Å²) in [6, 6.07) is 1.71. The fraction of sp³-hybridized carbons (Fsp3) is 0.467. The van der Waals surface area contributed by atoms with Crippen LogP contribution in [0.3, 0.4) is 0 Å². The van der Waals surface area contributed by atoms with Crippen molar-refractivity contribution in [1.82, 2.24) is 15.5 Å². The second-order valence-electron chi connectivity index (χ2n) is 5.32. The lowest BCUT2D eigenvalue weighted by atomic mass is 10.1. The molecule has 0 fully saturated rings.